The number of rotatable bonds is 2. The standard InChI is InChI=1S/C17H15NO3S/c1-20-11-8-6-10(7-9-11)15-18-16-14(17(19)21-15)12-4-2-3-5-13(12)22-16/h6-9H,2-5H2,1H3. The molecule has 0 radical (unpaired) electrons. The molecule has 0 spiro atoms. The number of ether oxygens (including phenoxy) is 1. The maximum absolute atomic E-state index is 12.4. The summed E-state index contributed by atoms with van der Waals surface area (Å²) in [6.07, 6.45) is 4.34. The van der Waals surface area contributed by atoms with E-state index in [4.69, 9.17) is 9.15 Å². The number of hydrogen-bond donors (Lipinski definition) is 0. The minimum Gasteiger partial charge on any atom is -0.497 e. The predicted molar refractivity (Wildman–Crippen MR) is 86.8 cm³/mol. The van der Waals surface area contributed by atoms with E-state index in [9.17, 15) is 4.79 Å². The van der Waals surface area contributed by atoms with Crippen LogP contribution in [-0.4, -0.2) is 12.1 Å². The molecule has 22 heavy (non-hydrogen) atoms. The Labute approximate surface area is 131 Å². The number of methoxy groups -OCH3 is 1. The van der Waals surface area contributed by atoms with Gasteiger partial charge in [0, 0.05) is 10.4 Å². The Morgan fingerprint density at radius 3 is 2.73 bits per heavy atom. The van der Waals surface area contributed by atoms with E-state index in [1.807, 2.05) is 24.3 Å². The number of hydrogen-bond acceptors (Lipinski definition) is 5. The van der Waals surface area contributed by atoms with Gasteiger partial charge in [0.1, 0.15) is 16.0 Å². The lowest BCUT2D eigenvalue weighted by atomic mass is 9.97. The van der Waals surface area contributed by atoms with Crippen molar-refractivity contribution in [2.75, 3.05) is 7.11 Å². The molecular formula is C17H15NO3S. The Kier molecular flexibility index (Phi) is 3.22. The van der Waals surface area contributed by atoms with Crippen molar-refractivity contribution in [2.45, 2.75) is 25.7 Å². The SMILES string of the molecule is COc1ccc(-c2nc3sc4c(c3c(=O)o2)CCCC4)cc1. The summed E-state index contributed by atoms with van der Waals surface area (Å²) in [4.78, 5) is 19.1. The van der Waals surface area contributed by atoms with Crippen LogP contribution >= 0.6 is 11.3 Å². The Bertz CT molecular complexity index is 893. The molecule has 0 unspecified atom stereocenters. The minimum atomic E-state index is -0.268. The van der Waals surface area contributed by atoms with Crippen LogP contribution in [0.4, 0.5) is 0 Å². The van der Waals surface area contributed by atoms with Crippen molar-refractivity contribution in [3.63, 3.8) is 0 Å². The number of fused-ring (bicyclic) bond motifs is 3. The summed E-state index contributed by atoms with van der Waals surface area (Å²) in [6.45, 7) is 0. The van der Waals surface area contributed by atoms with Crippen LogP contribution < -0.4 is 10.4 Å². The number of aromatic nitrogens is 1. The van der Waals surface area contributed by atoms with Crippen molar-refractivity contribution in [3.8, 4) is 17.2 Å². The van der Waals surface area contributed by atoms with E-state index in [0.717, 1.165) is 41.0 Å². The van der Waals surface area contributed by atoms with Gasteiger partial charge in [0.25, 0.3) is 0 Å². The zero-order valence-electron chi connectivity index (χ0n) is 12.2. The van der Waals surface area contributed by atoms with Gasteiger partial charge >= 0.3 is 5.63 Å². The highest BCUT2D eigenvalue weighted by Crippen LogP contribution is 2.34. The average molecular weight is 313 g/mol. The molecule has 3 aromatic rings. The molecule has 0 atom stereocenters. The number of thiophene rings is 1. The van der Waals surface area contributed by atoms with Crippen molar-refractivity contribution in [3.05, 3.63) is 45.1 Å². The van der Waals surface area contributed by atoms with E-state index in [-0.39, 0.29) is 5.63 Å². The van der Waals surface area contributed by atoms with E-state index in [2.05, 4.69) is 4.98 Å². The Morgan fingerprint density at radius 1 is 1.18 bits per heavy atom. The van der Waals surface area contributed by atoms with Gasteiger partial charge in [-0.05, 0) is 55.5 Å². The normalized spacial score (nSPS) is 14.0. The summed E-state index contributed by atoms with van der Waals surface area (Å²) < 4.78 is 10.6. The van der Waals surface area contributed by atoms with Gasteiger partial charge in [0.05, 0.1) is 7.11 Å². The third kappa shape index (κ3) is 2.13. The lowest BCUT2D eigenvalue weighted by molar-refractivity contribution is 0.415. The number of nitrogens with zero attached hydrogens (tertiary/aromatic N) is 1. The van der Waals surface area contributed by atoms with Crippen molar-refractivity contribution in [1.82, 2.24) is 4.98 Å². The first kappa shape index (κ1) is 13.5. The van der Waals surface area contributed by atoms with Crippen molar-refractivity contribution < 1.29 is 9.15 Å². The largest absolute Gasteiger partial charge is 0.497 e. The van der Waals surface area contributed by atoms with E-state index in [1.54, 1.807) is 18.4 Å². The molecular weight excluding hydrogens is 298 g/mol. The summed E-state index contributed by atoms with van der Waals surface area (Å²) in [5.74, 6) is 1.14. The first-order chi connectivity index (χ1) is 10.8. The first-order valence-electron chi connectivity index (χ1n) is 7.36. The Morgan fingerprint density at radius 2 is 1.95 bits per heavy atom. The monoisotopic (exact) mass is 313 g/mol. The minimum absolute atomic E-state index is 0.268. The molecule has 0 saturated heterocycles. The lowest BCUT2D eigenvalue weighted by Gasteiger charge is -2.09. The Balaban J connectivity index is 1.87. The highest BCUT2D eigenvalue weighted by molar-refractivity contribution is 7.18. The maximum atomic E-state index is 12.4. The van der Waals surface area contributed by atoms with Crippen LogP contribution in [-0.2, 0) is 12.8 Å². The summed E-state index contributed by atoms with van der Waals surface area (Å²) in [6, 6.07) is 7.37. The van der Waals surface area contributed by atoms with Gasteiger partial charge in [-0.2, -0.15) is 0 Å². The second-order valence-electron chi connectivity index (χ2n) is 5.43. The van der Waals surface area contributed by atoms with Gasteiger partial charge in [-0.25, -0.2) is 9.78 Å². The molecule has 112 valence electrons. The Hall–Kier alpha value is -2.14. The van der Waals surface area contributed by atoms with E-state index >= 15 is 0 Å². The molecule has 1 aliphatic rings. The molecule has 0 amide bonds. The van der Waals surface area contributed by atoms with Gasteiger partial charge in [-0.1, -0.05) is 0 Å². The zero-order valence-corrected chi connectivity index (χ0v) is 13.0. The highest BCUT2D eigenvalue weighted by atomic mass is 32.1. The van der Waals surface area contributed by atoms with Crippen LogP contribution in [0.3, 0.4) is 0 Å². The van der Waals surface area contributed by atoms with Crippen LogP contribution in [0.5, 0.6) is 5.75 Å². The fourth-order valence-corrected chi connectivity index (χ4v) is 4.20. The summed E-state index contributed by atoms with van der Waals surface area (Å²) in [5.41, 5.74) is 1.68. The third-order valence-corrected chi connectivity index (χ3v) is 5.27. The smallest absolute Gasteiger partial charge is 0.348 e. The molecule has 4 nitrogen and oxygen atoms in total. The molecule has 0 bridgehead atoms. The molecule has 2 heterocycles. The number of aryl methyl sites for hydroxylation is 2. The molecule has 4 rings (SSSR count). The molecule has 1 aliphatic carbocycles. The summed E-state index contributed by atoms with van der Waals surface area (Å²) in [5, 5.41) is 0.692. The molecule has 0 fully saturated rings. The summed E-state index contributed by atoms with van der Waals surface area (Å²) in [7, 11) is 1.62. The second-order valence-corrected chi connectivity index (χ2v) is 6.51. The molecule has 2 aromatic heterocycles. The van der Waals surface area contributed by atoms with Crippen molar-refractivity contribution in [1.29, 1.82) is 0 Å². The molecule has 0 aliphatic heterocycles. The molecule has 0 N–H and O–H groups in total. The predicted octanol–water partition coefficient (Wildman–Crippen LogP) is 3.80. The van der Waals surface area contributed by atoms with Crippen LogP contribution in [0.15, 0.2) is 33.5 Å². The molecule has 5 heteroatoms. The second kappa shape index (κ2) is 5.25. The fourth-order valence-electron chi connectivity index (χ4n) is 2.95. The van der Waals surface area contributed by atoms with E-state index in [1.165, 1.54) is 11.3 Å². The van der Waals surface area contributed by atoms with Gasteiger partial charge in [-0.3, -0.25) is 0 Å². The number of benzene rings is 1. The van der Waals surface area contributed by atoms with Gasteiger partial charge in [0.15, 0.2) is 0 Å². The fraction of sp³-hybridized carbons (Fsp3) is 0.294. The van der Waals surface area contributed by atoms with Crippen LogP contribution in [0.25, 0.3) is 21.7 Å². The van der Waals surface area contributed by atoms with Crippen LogP contribution in [0.2, 0.25) is 0 Å². The first-order valence-corrected chi connectivity index (χ1v) is 8.18. The van der Waals surface area contributed by atoms with Gasteiger partial charge in [0.2, 0.25) is 5.89 Å². The van der Waals surface area contributed by atoms with Crippen LogP contribution in [0, 0.1) is 0 Å². The van der Waals surface area contributed by atoms with Crippen molar-refractivity contribution >= 4 is 21.6 Å². The topological polar surface area (TPSA) is 52.3 Å². The average Bonchev–Trinajstić information content (AvgIpc) is 2.93. The quantitative estimate of drug-likeness (QED) is 0.722. The van der Waals surface area contributed by atoms with Gasteiger partial charge in [-0.15, -0.1) is 11.3 Å². The molecule has 1 aromatic carbocycles. The van der Waals surface area contributed by atoms with Crippen LogP contribution in [0.1, 0.15) is 23.3 Å². The van der Waals surface area contributed by atoms with Crippen molar-refractivity contribution in [2.24, 2.45) is 0 Å². The molecule has 0 saturated carbocycles. The highest BCUT2D eigenvalue weighted by Gasteiger charge is 2.21. The zero-order chi connectivity index (χ0) is 15.1. The third-order valence-electron chi connectivity index (χ3n) is 4.09. The van der Waals surface area contributed by atoms with Gasteiger partial charge < -0.3 is 9.15 Å². The van der Waals surface area contributed by atoms with E-state index in [0.29, 0.717) is 11.3 Å². The summed E-state index contributed by atoms with van der Waals surface area (Å²) >= 11 is 1.63. The van der Waals surface area contributed by atoms with E-state index < -0.39 is 0 Å². The lowest BCUT2D eigenvalue weighted by Crippen LogP contribution is -2.06. The maximum Gasteiger partial charge on any atom is 0.348 e.